The molecule has 1 N–H and O–H groups in total. The van der Waals surface area contributed by atoms with Gasteiger partial charge in [-0.05, 0) is 44.4 Å². The van der Waals surface area contributed by atoms with Crippen molar-refractivity contribution in [2.45, 2.75) is 38.9 Å². The summed E-state index contributed by atoms with van der Waals surface area (Å²) in [5.74, 6) is -3.32. The number of anilines is 1. The zero-order valence-electron chi connectivity index (χ0n) is 18.0. The van der Waals surface area contributed by atoms with Gasteiger partial charge in [-0.1, -0.05) is 12.1 Å². The molecule has 0 atom stereocenters. The molecule has 0 spiro atoms. The van der Waals surface area contributed by atoms with Crippen LogP contribution in [0.25, 0.3) is 5.69 Å². The molecule has 1 amide bonds. The highest BCUT2D eigenvalue weighted by atomic mass is 19.4. The van der Waals surface area contributed by atoms with E-state index in [9.17, 15) is 27.2 Å². The van der Waals surface area contributed by atoms with Gasteiger partial charge in [0.15, 0.2) is 6.61 Å². The molecule has 3 aromatic rings. The molecule has 12 heteroatoms. The molecule has 0 unspecified atom stereocenters. The van der Waals surface area contributed by atoms with Crippen LogP contribution >= 0.6 is 0 Å². The second kappa shape index (κ2) is 8.58. The molecule has 1 aliphatic rings. The number of para-hydroxylation sites is 1. The summed E-state index contributed by atoms with van der Waals surface area (Å²) >= 11 is 0. The third-order valence-corrected chi connectivity index (χ3v) is 5.27. The quantitative estimate of drug-likeness (QED) is 0.527. The number of aromatic nitrogens is 3. The lowest BCUT2D eigenvalue weighted by Crippen LogP contribution is -2.25. The fraction of sp³-hybridized carbons (Fsp3) is 0.318. The molecule has 2 aromatic carbocycles. The van der Waals surface area contributed by atoms with Gasteiger partial charge in [0.25, 0.3) is 5.91 Å². The standard InChI is InChI=1S/C22H19F5N4O3/c1-11-4-3-5-15(23)19(11)28-20(32)14-8-16(24)17(9-18(14)34-10-22(25,26)27)31-21(33)30(12(2)29-31)13-6-7-13/h3-5,8-9,13H,6-7,10H2,1-2H3,(H,28,32). The van der Waals surface area contributed by atoms with Crippen LogP contribution in [0.3, 0.4) is 0 Å². The monoisotopic (exact) mass is 482 g/mol. The first-order valence-corrected chi connectivity index (χ1v) is 10.2. The van der Waals surface area contributed by atoms with Crippen molar-refractivity contribution in [3.05, 3.63) is 69.4 Å². The molecule has 7 nitrogen and oxygen atoms in total. The van der Waals surface area contributed by atoms with Crippen molar-refractivity contribution in [1.82, 2.24) is 14.3 Å². The number of benzene rings is 2. The van der Waals surface area contributed by atoms with E-state index in [1.807, 2.05) is 0 Å². The Kier molecular flexibility index (Phi) is 5.92. The summed E-state index contributed by atoms with van der Waals surface area (Å²) in [5, 5.41) is 6.25. The van der Waals surface area contributed by atoms with E-state index in [4.69, 9.17) is 4.74 Å². The third kappa shape index (κ3) is 4.66. The molecule has 1 aromatic heterocycles. The van der Waals surface area contributed by atoms with Crippen molar-refractivity contribution >= 4 is 11.6 Å². The smallest absolute Gasteiger partial charge is 0.422 e. The van der Waals surface area contributed by atoms with Crippen LogP contribution < -0.4 is 15.7 Å². The van der Waals surface area contributed by atoms with Crippen LogP contribution in [0.15, 0.2) is 35.1 Å². The van der Waals surface area contributed by atoms with Crippen molar-refractivity contribution in [1.29, 1.82) is 0 Å². The van der Waals surface area contributed by atoms with E-state index in [2.05, 4.69) is 10.4 Å². The summed E-state index contributed by atoms with van der Waals surface area (Å²) < 4.78 is 74.5. The van der Waals surface area contributed by atoms with Crippen LogP contribution in [0.2, 0.25) is 0 Å². The normalized spacial score (nSPS) is 13.7. The molecule has 0 saturated heterocycles. The maximum absolute atomic E-state index is 15.0. The Morgan fingerprint density at radius 1 is 1.18 bits per heavy atom. The van der Waals surface area contributed by atoms with Gasteiger partial charge in [-0.15, -0.1) is 0 Å². The topological polar surface area (TPSA) is 78.2 Å². The molecule has 1 aliphatic carbocycles. The highest BCUT2D eigenvalue weighted by Crippen LogP contribution is 2.35. The summed E-state index contributed by atoms with van der Waals surface area (Å²) in [6.45, 7) is 1.28. The first kappa shape index (κ1) is 23.5. The fourth-order valence-corrected chi connectivity index (χ4v) is 3.52. The van der Waals surface area contributed by atoms with Crippen LogP contribution in [-0.4, -0.2) is 33.0 Å². The van der Waals surface area contributed by atoms with Crippen molar-refractivity contribution in [3.8, 4) is 11.4 Å². The van der Waals surface area contributed by atoms with E-state index in [0.717, 1.165) is 25.0 Å². The fourth-order valence-electron chi connectivity index (χ4n) is 3.52. The summed E-state index contributed by atoms with van der Waals surface area (Å²) in [5.41, 5.74) is -1.63. The van der Waals surface area contributed by atoms with E-state index in [-0.39, 0.29) is 11.7 Å². The van der Waals surface area contributed by atoms with E-state index in [1.165, 1.54) is 23.6 Å². The Morgan fingerprint density at radius 2 is 1.88 bits per heavy atom. The Labute approximate surface area is 189 Å². The lowest BCUT2D eigenvalue weighted by atomic mass is 10.1. The van der Waals surface area contributed by atoms with Crippen LogP contribution in [0.1, 0.15) is 40.6 Å². The van der Waals surface area contributed by atoms with Gasteiger partial charge in [0.1, 0.15) is 28.9 Å². The summed E-state index contributed by atoms with van der Waals surface area (Å²) in [4.78, 5) is 25.5. The number of hydrogen-bond acceptors (Lipinski definition) is 4. The molecule has 34 heavy (non-hydrogen) atoms. The van der Waals surface area contributed by atoms with E-state index in [1.54, 1.807) is 6.92 Å². The van der Waals surface area contributed by atoms with Gasteiger partial charge in [0.05, 0.1) is 11.3 Å². The second-order valence-electron chi connectivity index (χ2n) is 7.93. The van der Waals surface area contributed by atoms with Crippen molar-refractivity contribution < 1.29 is 31.5 Å². The average molecular weight is 482 g/mol. The largest absolute Gasteiger partial charge is 0.483 e. The number of hydrogen-bond donors (Lipinski definition) is 1. The second-order valence-corrected chi connectivity index (χ2v) is 7.93. The van der Waals surface area contributed by atoms with Crippen molar-refractivity contribution in [2.75, 3.05) is 11.9 Å². The number of nitrogens with zero attached hydrogens (tertiary/aromatic N) is 3. The van der Waals surface area contributed by atoms with Gasteiger partial charge >= 0.3 is 11.9 Å². The number of carbonyl (C=O) groups excluding carboxylic acids is 1. The zero-order chi connectivity index (χ0) is 24.8. The predicted octanol–water partition coefficient (Wildman–Crippen LogP) is 4.46. The molecule has 0 bridgehead atoms. The maximum atomic E-state index is 15.0. The van der Waals surface area contributed by atoms with Gasteiger partial charge in [-0.3, -0.25) is 9.36 Å². The minimum atomic E-state index is -4.76. The molecule has 0 radical (unpaired) electrons. The Hall–Kier alpha value is -3.70. The average Bonchev–Trinajstić information content (AvgIpc) is 3.53. The lowest BCUT2D eigenvalue weighted by molar-refractivity contribution is -0.153. The number of aryl methyl sites for hydroxylation is 2. The number of halogens is 5. The van der Waals surface area contributed by atoms with Gasteiger partial charge in [0, 0.05) is 12.1 Å². The molecular formula is C22H19F5N4O3. The number of rotatable bonds is 6. The number of carbonyl (C=O) groups is 1. The number of alkyl halides is 3. The molecule has 0 aliphatic heterocycles. The first-order chi connectivity index (χ1) is 16.0. The van der Waals surface area contributed by atoms with Crippen molar-refractivity contribution in [2.24, 2.45) is 0 Å². The van der Waals surface area contributed by atoms with Gasteiger partial charge in [0.2, 0.25) is 0 Å². The predicted molar refractivity (Wildman–Crippen MR) is 111 cm³/mol. The highest BCUT2D eigenvalue weighted by molar-refractivity contribution is 6.06. The molecule has 1 heterocycles. The minimum Gasteiger partial charge on any atom is -0.483 e. The maximum Gasteiger partial charge on any atom is 0.422 e. The van der Waals surface area contributed by atoms with Gasteiger partial charge < -0.3 is 10.1 Å². The van der Waals surface area contributed by atoms with E-state index < -0.39 is 53.0 Å². The van der Waals surface area contributed by atoms with Crippen LogP contribution in [-0.2, 0) is 0 Å². The molecular weight excluding hydrogens is 463 g/mol. The number of ether oxygens (including phenoxy) is 1. The Balaban J connectivity index is 1.78. The third-order valence-electron chi connectivity index (χ3n) is 5.27. The van der Waals surface area contributed by atoms with E-state index in [0.29, 0.717) is 22.1 Å². The molecule has 180 valence electrons. The lowest BCUT2D eigenvalue weighted by Gasteiger charge is -2.16. The summed E-state index contributed by atoms with van der Waals surface area (Å²) in [7, 11) is 0. The van der Waals surface area contributed by atoms with Crippen LogP contribution in [0.4, 0.5) is 27.6 Å². The highest BCUT2D eigenvalue weighted by Gasteiger charge is 2.32. The molecule has 1 saturated carbocycles. The number of nitrogens with one attached hydrogen (secondary N) is 1. The van der Waals surface area contributed by atoms with Crippen LogP contribution in [0, 0.1) is 25.5 Å². The van der Waals surface area contributed by atoms with Crippen molar-refractivity contribution in [3.63, 3.8) is 0 Å². The summed E-state index contributed by atoms with van der Waals surface area (Å²) in [6, 6.07) is 5.36. The number of amides is 1. The Bertz CT molecular complexity index is 1310. The van der Waals surface area contributed by atoms with E-state index >= 15 is 4.39 Å². The molecule has 1 fully saturated rings. The van der Waals surface area contributed by atoms with Gasteiger partial charge in [-0.2, -0.15) is 23.0 Å². The summed E-state index contributed by atoms with van der Waals surface area (Å²) in [6.07, 6.45) is -3.25. The van der Waals surface area contributed by atoms with Gasteiger partial charge in [-0.25, -0.2) is 13.6 Å². The zero-order valence-corrected chi connectivity index (χ0v) is 18.0. The minimum absolute atomic E-state index is 0.0701. The first-order valence-electron chi connectivity index (χ1n) is 10.2. The van der Waals surface area contributed by atoms with Crippen LogP contribution in [0.5, 0.6) is 5.75 Å². The molecule has 4 rings (SSSR count). The Morgan fingerprint density at radius 3 is 2.50 bits per heavy atom. The SMILES string of the molecule is Cc1cccc(F)c1NC(=O)c1cc(F)c(-n2nc(C)n(C3CC3)c2=O)cc1OCC(F)(F)F.